The van der Waals surface area contributed by atoms with Crippen molar-refractivity contribution in [2.45, 2.75) is 18.9 Å². The largest absolute Gasteiger partial charge is 0.324 e. The molecule has 0 aliphatic carbocycles. The number of amides is 1. The average molecular weight is 363 g/mol. The van der Waals surface area contributed by atoms with Crippen LogP contribution in [-0.4, -0.2) is 43.5 Å². The van der Waals surface area contributed by atoms with E-state index in [0.717, 1.165) is 36.1 Å². The lowest BCUT2D eigenvalue weighted by atomic mass is 10.1. The molecule has 1 heterocycles. The molecule has 2 N–H and O–H groups in total. The molecule has 0 saturated carbocycles. The molecule has 6 heteroatoms. The van der Waals surface area contributed by atoms with Gasteiger partial charge in [-0.2, -0.15) is 0 Å². The first kappa shape index (κ1) is 17.4. The van der Waals surface area contributed by atoms with Crippen LogP contribution in [0.15, 0.2) is 28.7 Å². The normalized spacial score (nSPS) is 15.8. The lowest BCUT2D eigenvalue weighted by Crippen LogP contribution is -2.44. The molecule has 0 spiro atoms. The van der Waals surface area contributed by atoms with E-state index in [2.05, 4.69) is 31.5 Å². The second-order valence-corrected chi connectivity index (χ2v) is 5.78. The third-order valence-corrected chi connectivity index (χ3v) is 4.16. The highest BCUT2D eigenvalue weighted by Crippen LogP contribution is 2.21. The van der Waals surface area contributed by atoms with Crippen LogP contribution in [0.25, 0.3) is 0 Å². The number of carbonyl (C=O) groups excluding carboxylic acids is 1. The van der Waals surface area contributed by atoms with Crippen LogP contribution in [0, 0.1) is 0 Å². The summed E-state index contributed by atoms with van der Waals surface area (Å²) in [7, 11) is 2.02. The van der Waals surface area contributed by atoms with Crippen molar-refractivity contribution in [3.05, 3.63) is 28.7 Å². The molecule has 1 aliphatic rings. The zero-order valence-corrected chi connectivity index (χ0v) is 14.0. The summed E-state index contributed by atoms with van der Waals surface area (Å²) < 4.78 is 0.910. The quantitative estimate of drug-likeness (QED) is 0.865. The van der Waals surface area contributed by atoms with Crippen LogP contribution in [0.1, 0.15) is 12.8 Å². The van der Waals surface area contributed by atoms with E-state index in [4.69, 9.17) is 0 Å². The van der Waals surface area contributed by atoms with Crippen molar-refractivity contribution in [2.24, 2.45) is 0 Å². The van der Waals surface area contributed by atoms with E-state index in [9.17, 15) is 4.79 Å². The molecule has 0 atom stereocenters. The first-order valence-corrected chi connectivity index (χ1v) is 7.41. The van der Waals surface area contributed by atoms with Crippen molar-refractivity contribution in [1.82, 2.24) is 10.2 Å². The van der Waals surface area contributed by atoms with Crippen LogP contribution in [-0.2, 0) is 4.79 Å². The number of piperidine rings is 1. The lowest BCUT2D eigenvalue weighted by Gasteiger charge is -2.31. The topological polar surface area (TPSA) is 44.4 Å². The van der Waals surface area contributed by atoms with Gasteiger partial charge in [-0.05, 0) is 61.0 Å². The third-order valence-electron chi connectivity index (χ3n) is 3.47. The summed E-state index contributed by atoms with van der Waals surface area (Å²) in [6.07, 6.45) is 2.22. The number of hydrogen-bond acceptors (Lipinski definition) is 3. The Hall–Kier alpha value is -0.620. The zero-order valence-electron chi connectivity index (χ0n) is 11.6. The van der Waals surface area contributed by atoms with Gasteiger partial charge in [0.25, 0.3) is 0 Å². The molecule has 4 nitrogen and oxygen atoms in total. The van der Waals surface area contributed by atoms with Gasteiger partial charge in [0, 0.05) is 10.5 Å². The van der Waals surface area contributed by atoms with Gasteiger partial charge in [0.15, 0.2) is 0 Å². The molecule has 0 radical (unpaired) electrons. The molecule has 1 aliphatic heterocycles. The monoisotopic (exact) mass is 361 g/mol. The number of rotatable bonds is 4. The van der Waals surface area contributed by atoms with Gasteiger partial charge in [0.2, 0.25) is 5.91 Å². The second kappa shape index (κ2) is 8.62. The van der Waals surface area contributed by atoms with Crippen molar-refractivity contribution in [1.29, 1.82) is 0 Å². The number of likely N-dealkylation sites (N-methyl/N-ethyl adjacent to an activating group) is 1. The molecule has 1 aromatic carbocycles. The summed E-state index contributed by atoms with van der Waals surface area (Å²) in [5.74, 6) is 0.0351. The molecule has 112 valence electrons. The highest BCUT2D eigenvalue weighted by molar-refractivity contribution is 9.10. The Morgan fingerprint density at radius 3 is 2.70 bits per heavy atom. The fraction of sp³-hybridized carbons (Fsp3) is 0.500. The molecular formula is C14H21BrClN3O. The number of para-hydroxylation sites is 1. The number of anilines is 1. The Bertz CT molecular complexity index is 438. The van der Waals surface area contributed by atoms with Gasteiger partial charge >= 0.3 is 0 Å². The first-order chi connectivity index (χ1) is 9.16. The van der Waals surface area contributed by atoms with Crippen LogP contribution in [0.2, 0.25) is 0 Å². The van der Waals surface area contributed by atoms with Gasteiger partial charge in [-0.3, -0.25) is 9.69 Å². The van der Waals surface area contributed by atoms with E-state index >= 15 is 0 Å². The number of hydrogen-bond donors (Lipinski definition) is 2. The molecule has 1 fully saturated rings. The van der Waals surface area contributed by atoms with Gasteiger partial charge in [-0.15, -0.1) is 12.4 Å². The Morgan fingerprint density at radius 2 is 2.05 bits per heavy atom. The van der Waals surface area contributed by atoms with Gasteiger partial charge in [-0.25, -0.2) is 0 Å². The zero-order chi connectivity index (χ0) is 13.7. The maximum atomic E-state index is 12.0. The van der Waals surface area contributed by atoms with Gasteiger partial charge in [-0.1, -0.05) is 12.1 Å². The predicted octanol–water partition coefficient (Wildman–Crippen LogP) is 2.49. The highest BCUT2D eigenvalue weighted by atomic mass is 79.9. The van der Waals surface area contributed by atoms with E-state index in [-0.39, 0.29) is 18.3 Å². The van der Waals surface area contributed by atoms with E-state index < -0.39 is 0 Å². The van der Waals surface area contributed by atoms with Crippen LogP contribution in [0.5, 0.6) is 0 Å². The van der Waals surface area contributed by atoms with Crippen LogP contribution in [0.3, 0.4) is 0 Å². The molecule has 0 bridgehead atoms. The van der Waals surface area contributed by atoms with E-state index in [1.807, 2.05) is 31.3 Å². The summed E-state index contributed by atoms with van der Waals surface area (Å²) in [6, 6.07) is 8.17. The molecule has 0 aromatic heterocycles. The minimum atomic E-state index is 0. The van der Waals surface area contributed by atoms with Crippen molar-refractivity contribution < 1.29 is 4.79 Å². The van der Waals surface area contributed by atoms with Crippen LogP contribution in [0.4, 0.5) is 5.69 Å². The standard InChI is InChI=1S/C14H20BrN3O.ClH/c1-18(11-6-8-16-9-7-11)10-14(19)17-13-5-3-2-4-12(13)15;/h2-5,11,16H,6-10H2,1H3,(H,17,19);1H. The van der Waals surface area contributed by atoms with Crippen molar-refractivity contribution >= 4 is 39.9 Å². The smallest absolute Gasteiger partial charge is 0.238 e. The molecule has 1 aromatic rings. The van der Waals surface area contributed by atoms with E-state index in [0.29, 0.717) is 12.6 Å². The maximum absolute atomic E-state index is 12.0. The predicted molar refractivity (Wildman–Crippen MR) is 88.5 cm³/mol. The Labute approximate surface area is 134 Å². The summed E-state index contributed by atoms with van der Waals surface area (Å²) in [6.45, 7) is 2.52. The molecule has 20 heavy (non-hydrogen) atoms. The van der Waals surface area contributed by atoms with Crippen molar-refractivity contribution in [3.8, 4) is 0 Å². The van der Waals surface area contributed by atoms with E-state index in [1.165, 1.54) is 0 Å². The van der Waals surface area contributed by atoms with Gasteiger partial charge in [0.05, 0.1) is 12.2 Å². The fourth-order valence-electron chi connectivity index (χ4n) is 2.36. The third kappa shape index (κ3) is 5.05. The summed E-state index contributed by atoms with van der Waals surface area (Å²) in [5.41, 5.74) is 0.825. The first-order valence-electron chi connectivity index (χ1n) is 6.62. The van der Waals surface area contributed by atoms with E-state index in [1.54, 1.807) is 0 Å². The van der Waals surface area contributed by atoms with Gasteiger partial charge in [0.1, 0.15) is 0 Å². The molecule has 1 saturated heterocycles. The Morgan fingerprint density at radius 1 is 1.40 bits per heavy atom. The van der Waals surface area contributed by atoms with Crippen molar-refractivity contribution in [3.63, 3.8) is 0 Å². The second-order valence-electron chi connectivity index (χ2n) is 4.92. The molecular weight excluding hydrogens is 342 g/mol. The number of benzene rings is 1. The average Bonchev–Trinajstić information content (AvgIpc) is 2.42. The highest BCUT2D eigenvalue weighted by Gasteiger charge is 2.19. The minimum Gasteiger partial charge on any atom is -0.324 e. The number of carbonyl (C=O) groups is 1. The van der Waals surface area contributed by atoms with Gasteiger partial charge < -0.3 is 10.6 Å². The molecule has 2 rings (SSSR count). The minimum absolute atomic E-state index is 0. The van der Waals surface area contributed by atoms with Crippen LogP contribution >= 0.6 is 28.3 Å². The summed E-state index contributed by atoms with van der Waals surface area (Å²) in [4.78, 5) is 14.2. The number of halogens is 2. The molecule has 1 amide bonds. The number of nitrogens with one attached hydrogen (secondary N) is 2. The lowest BCUT2D eigenvalue weighted by molar-refractivity contribution is -0.117. The molecule has 0 unspecified atom stereocenters. The SMILES string of the molecule is CN(CC(=O)Nc1ccccc1Br)C1CCNCC1.Cl. The van der Waals surface area contributed by atoms with Crippen molar-refractivity contribution in [2.75, 3.05) is 32.0 Å². The van der Waals surface area contributed by atoms with Crippen LogP contribution < -0.4 is 10.6 Å². The maximum Gasteiger partial charge on any atom is 0.238 e. The fourth-order valence-corrected chi connectivity index (χ4v) is 2.74. The summed E-state index contributed by atoms with van der Waals surface area (Å²) in [5, 5.41) is 6.27. The Kier molecular flexibility index (Phi) is 7.51. The number of nitrogens with zero attached hydrogens (tertiary/aromatic N) is 1. The summed E-state index contributed by atoms with van der Waals surface area (Å²) >= 11 is 3.43. The Balaban J connectivity index is 0.00000200.